The normalized spacial score (nSPS) is 15.7. The number of aryl methyl sites for hydroxylation is 1. The van der Waals surface area contributed by atoms with Gasteiger partial charge in [0.15, 0.2) is 0 Å². The minimum atomic E-state index is -3.37. The Bertz CT molecular complexity index is 1770. The number of sulfonamides is 1. The van der Waals surface area contributed by atoms with Gasteiger partial charge in [0.25, 0.3) is 5.91 Å². The molecule has 2 amide bonds. The molecule has 0 atom stereocenters. The Morgan fingerprint density at radius 2 is 1.81 bits per heavy atom. The molecule has 1 aromatic carbocycles. The first-order valence-corrected chi connectivity index (χ1v) is 17.0. The van der Waals surface area contributed by atoms with Gasteiger partial charge in [0.2, 0.25) is 15.9 Å². The van der Waals surface area contributed by atoms with E-state index in [2.05, 4.69) is 29.9 Å². The molecule has 2 aliphatic rings. The molecular formula is C32H37FN8O5S. The Labute approximate surface area is 272 Å². The van der Waals surface area contributed by atoms with Crippen LogP contribution in [0.15, 0.2) is 72.5 Å². The van der Waals surface area contributed by atoms with Crippen LogP contribution in [0.3, 0.4) is 0 Å². The van der Waals surface area contributed by atoms with Crippen LogP contribution >= 0.6 is 0 Å². The molecule has 4 N–H and O–H groups in total. The van der Waals surface area contributed by atoms with Gasteiger partial charge in [-0.3, -0.25) is 19.2 Å². The molecule has 3 heterocycles. The van der Waals surface area contributed by atoms with Crippen LogP contribution in [-0.2, 0) is 21.4 Å². The second kappa shape index (κ2) is 14.7. The molecule has 0 unspecified atom stereocenters. The number of benzene rings is 1. The quantitative estimate of drug-likeness (QED) is 0.258. The van der Waals surface area contributed by atoms with Gasteiger partial charge in [-0.05, 0) is 68.7 Å². The second-order valence-corrected chi connectivity index (χ2v) is 13.3. The first-order chi connectivity index (χ1) is 22.4. The fourth-order valence-corrected chi connectivity index (χ4v) is 6.03. The lowest BCUT2D eigenvalue weighted by atomic mass is 10.00. The number of piperidine rings is 1. The standard InChI is InChI=1S/C32H37FN8O5S/c1-21-22(17-36-32(37-21)46-28-9-6-24(7-10-28)39-47(2,44)45)19-40-14-12-26(13-15-40)41(27-5-3-4-23(33)16-27)20-30(42)38-25-8-11-29(31(34)43)35-18-25/h5-11,16-18,26,39H,3-4,12-15,19-20H2,1-2H3,(H2,34,43)(H,38,42). The summed E-state index contributed by atoms with van der Waals surface area (Å²) in [6.45, 7) is 4.07. The van der Waals surface area contributed by atoms with E-state index in [0.717, 1.165) is 43.4 Å². The van der Waals surface area contributed by atoms with E-state index in [1.807, 2.05) is 17.9 Å². The van der Waals surface area contributed by atoms with Gasteiger partial charge in [-0.2, -0.15) is 4.98 Å². The van der Waals surface area contributed by atoms with Gasteiger partial charge in [0, 0.05) is 60.9 Å². The maximum absolute atomic E-state index is 14.3. The molecule has 47 heavy (non-hydrogen) atoms. The number of allylic oxidation sites excluding steroid dienone is 3. The predicted molar refractivity (Wildman–Crippen MR) is 175 cm³/mol. The van der Waals surface area contributed by atoms with Gasteiger partial charge < -0.3 is 20.7 Å². The molecule has 5 rings (SSSR count). The van der Waals surface area contributed by atoms with Crippen LogP contribution in [0.1, 0.15) is 47.4 Å². The second-order valence-electron chi connectivity index (χ2n) is 11.5. The summed E-state index contributed by atoms with van der Waals surface area (Å²) in [6.07, 6.45) is 10.1. The molecule has 0 saturated carbocycles. The SMILES string of the molecule is Cc1nc(Oc2ccc(NS(C)(=O)=O)cc2)ncc1CN1CCC(N(CC(=O)Nc2ccc(C(N)=O)nc2)C2=CCCC(F)=C2)CC1. The van der Waals surface area contributed by atoms with Crippen molar-refractivity contribution in [1.29, 1.82) is 0 Å². The molecule has 1 saturated heterocycles. The van der Waals surface area contributed by atoms with Gasteiger partial charge >= 0.3 is 6.01 Å². The largest absolute Gasteiger partial charge is 0.424 e. The van der Waals surface area contributed by atoms with Crippen molar-refractivity contribution in [2.45, 2.75) is 45.2 Å². The monoisotopic (exact) mass is 664 g/mol. The molecule has 15 heteroatoms. The van der Waals surface area contributed by atoms with Crippen molar-refractivity contribution < 1.29 is 27.1 Å². The third-order valence-corrected chi connectivity index (χ3v) is 8.41. The Hall–Kier alpha value is -4.89. The minimum Gasteiger partial charge on any atom is -0.424 e. The van der Waals surface area contributed by atoms with Gasteiger partial charge in [0.1, 0.15) is 17.3 Å². The number of nitrogens with two attached hydrogens (primary N) is 1. The predicted octanol–water partition coefficient (Wildman–Crippen LogP) is 3.88. The zero-order valence-electron chi connectivity index (χ0n) is 26.1. The lowest BCUT2D eigenvalue weighted by Crippen LogP contribution is -2.46. The molecule has 0 radical (unpaired) electrons. The van der Waals surface area contributed by atoms with Crippen LogP contribution in [0.2, 0.25) is 0 Å². The van der Waals surface area contributed by atoms with Crippen LogP contribution in [-0.4, -0.2) is 76.9 Å². The fraction of sp³-hybridized carbons (Fsp3) is 0.344. The van der Waals surface area contributed by atoms with E-state index in [9.17, 15) is 22.4 Å². The van der Waals surface area contributed by atoms with Crippen molar-refractivity contribution in [2.24, 2.45) is 5.73 Å². The van der Waals surface area contributed by atoms with Gasteiger partial charge in [-0.1, -0.05) is 6.08 Å². The van der Waals surface area contributed by atoms with Crippen molar-refractivity contribution in [1.82, 2.24) is 24.8 Å². The molecule has 0 bridgehead atoms. The number of halogens is 1. The van der Waals surface area contributed by atoms with Crippen molar-refractivity contribution in [3.05, 3.63) is 89.4 Å². The van der Waals surface area contributed by atoms with Crippen LogP contribution < -0.4 is 20.5 Å². The summed E-state index contributed by atoms with van der Waals surface area (Å²) >= 11 is 0. The summed E-state index contributed by atoms with van der Waals surface area (Å²) < 4.78 is 45.3. The number of pyridine rings is 1. The maximum atomic E-state index is 14.3. The van der Waals surface area contributed by atoms with E-state index in [0.29, 0.717) is 42.2 Å². The number of primary amides is 1. The number of aromatic nitrogens is 3. The molecular weight excluding hydrogens is 627 g/mol. The summed E-state index contributed by atoms with van der Waals surface area (Å²) in [5, 5.41) is 2.81. The fourth-order valence-electron chi connectivity index (χ4n) is 5.47. The number of likely N-dealkylation sites (tertiary alicyclic amines) is 1. The van der Waals surface area contributed by atoms with Crippen molar-refractivity contribution in [3.8, 4) is 11.8 Å². The number of hydrogen-bond acceptors (Lipinski definition) is 10. The summed E-state index contributed by atoms with van der Waals surface area (Å²) in [5.74, 6) is -0.673. The highest BCUT2D eigenvalue weighted by Crippen LogP contribution is 2.28. The minimum absolute atomic E-state index is 0.0212. The van der Waals surface area contributed by atoms with Crippen molar-refractivity contribution in [3.63, 3.8) is 0 Å². The van der Waals surface area contributed by atoms with Crippen molar-refractivity contribution in [2.75, 3.05) is 35.9 Å². The van der Waals surface area contributed by atoms with E-state index in [-0.39, 0.29) is 36.0 Å². The highest BCUT2D eigenvalue weighted by atomic mass is 32.2. The molecule has 2 aromatic heterocycles. The maximum Gasteiger partial charge on any atom is 0.322 e. The van der Waals surface area contributed by atoms with Crippen LogP contribution in [0.25, 0.3) is 0 Å². The summed E-state index contributed by atoms with van der Waals surface area (Å²) in [7, 11) is -3.37. The zero-order chi connectivity index (χ0) is 33.6. The van der Waals surface area contributed by atoms with Crippen LogP contribution in [0, 0.1) is 6.92 Å². The highest BCUT2D eigenvalue weighted by Gasteiger charge is 2.28. The van der Waals surface area contributed by atoms with Gasteiger partial charge in [-0.15, -0.1) is 0 Å². The Balaban J connectivity index is 1.18. The number of anilines is 2. The summed E-state index contributed by atoms with van der Waals surface area (Å²) in [6, 6.07) is 9.66. The molecule has 3 aromatic rings. The topological polar surface area (TPSA) is 173 Å². The number of carbonyl (C=O) groups is 2. The van der Waals surface area contributed by atoms with E-state index in [1.165, 1.54) is 18.3 Å². The third kappa shape index (κ3) is 9.56. The van der Waals surface area contributed by atoms with Gasteiger partial charge in [-0.25, -0.2) is 22.8 Å². The Kier molecular flexibility index (Phi) is 10.5. The number of amides is 2. The first-order valence-electron chi connectivity index (χ1n) is 15.1. The number of rotatable bonds is 12. The average molecular weight is 665 g/mol. The van der Waals surface area contributed by atoms with Crippen LogP contribution in [0.5, 0.6) is 11.8 Å². The molecule has 1 aliphatic heterocycles. The van der Waals surface area contributed by atoms with Gasteiger partial charge in [0.05, 0.1) is 24.7 Å². The number of carbonyl (C=O) groups excluding carboxylic acids is 2. The first kappa shape index (κ1) is 33.5. The number of nitrogens with one attached hydrogen (secondary N) is 2. The molecule has 1 fully saturated rings. The Morgan fingerprint density at radius 3 is 2.43 bits per heavy atom. The summed E-state index contributed by atoms with van der Waals surface area (Å²) in [5.41, 5.74) is 8.64. The summed E-state index contributed by atoms with van der Waals surface area (Å²) in [4.78, 5) is 41.5. The average Bonchev–Trinajstić information content (AvgIpc) is 3.02. The zero-order valence-corrected chi connectivity index (χ0v) is 27.0. The van der Waals surface area contributed by atoms with Crippen LogP contribution in [0.4, 0.5) is 15.8 Å². The number of ether oxygens (including phenoxy) is 1. The van der Waals surface area contributed by atoms with E-state index in [4.69, 9.17) is 10.5 Å². The van der Waals surface area contributed by atoms with Crippen molar-refractivity contribution >= 4 is 33.2 Å². The van der Waals surface area contributed by atoms with E-state index >= 15 is 0 Å². The third-order valence-electron chi connectivity index (χ3n) is 7.80. The number of hydrogen-bond donors (Lipinski definition) is 3. The molecule has 248 valence electrons. The van der Waals surface area contributed by atoms with E-state index in [1.54, 1.807) is 36.5 Å². The smallest absolute Gasteiger partial charge is 0.322 e. The molecule has 13 nitrogen and oxygen atoms in total. The molecule has 1 aliphatic carbocycles. The lowest BCUT2D eigenvalue weighted by Gasteiger charge is -2.40. The lowest BCUT2D eigenvalue weighted by molar-refractivity contribution is -0.117. The highest BCUT2D eigenvalue weighted by molar-refractivity contribution is 7.92. The Morgan fingerprint density at radius 1 is 1.09 bits per heavy atom. The molecule has 0 spiro atoms. The number of nitrogens with zero attached hydrogens (tertiary/aromatic N) is 5. The van der Waals surface area contributed by atoms with E-state index < -0.39 is 15.9 Å².